The number of fused-ring (bicyclic) bond motifs is 1. The second kappa shape index (κ2) is 8.36. The molecular formula is C23H20ClN3S. The summed E-state index contributed by atoms with van der Waals surface area (Å²) < 4.78 is 0. The third-order valence-corrected chi connectivity index (χ3v) is 6.40. The zero-order chi connectivity index (χ0) is 19.5. The topological polar surface area (TPSA) is 39.9 Å². The van der Waals surface area contributed by atoms with Crippen molar-refractivity contribution in [3.05, 3.63) is 82.0 Å². The second-order valence-electron chi connectivity index (χ2n) is 6.94. The molecule has 0 atom stereocenters. The minimum absolute atomic E-state index is 0.664. The van der Waals surface area contributed by atoms with Crippen molar-refractivity contribution in [3.63, 3.8) is 0 Å². The Morgan fingerprint density at radius 2 is 1.89 bits per heavy atom. The van der Waals surface area contributed by atoms with E-state index in [0.717, 1.165) is 51.9 Å². The average Bonchev–Trinajstić information content (AvgIpc) is 2.72. The molecule has 2 heterocycles. The Kier molecular flexibility index (Phi) is 5.68. The fourth-order valence-corrected chi connectivity index (χ4v) is 4.86. The van der Waals surface area contributed by atoms with Crippen LogP contribution in [0.1, 0.15) is 22.4 Å². The standard InChI is InChI=1S/C23H20ClN3S/c1-27-12-11-21-19(14-27)22(16-7-3-2-4-8-16)18(13-25)23(26-21)28-15-17-9-5-6-10-20(17)24/h2-10H,11-12,14-15H2,1H3. The molecule has 0 aliphatic carbocycles. The zero-order valence-electron chi connectivity index (χ0n) is 15.7. The lowest BCUT2D eigenvalue weighted by Crippen LogP contribution is -2.28. The molecule has 0 bridgehead atoms. The van der Waals surface area contributed by atoms with E-state index in [1.165, 1.54) is 5.56 Å². The van der Waals surface area contributed by atoms with Crippen molar-refractivity contribution in [1.82, 2.24) is 9.88 Å². The lowest BCUT2D eigenvalue weighted by molar-refractivity contribution is 0.309. The maximum absolute atomic E-state index is 10.0. The summed E-state index contributed by atoms with van der Waals surface area (Å²) in [6.45, 7) is 1.80. The van der Waals surface area contributed by atoms with E-state index in [2.05, 4.69) is 30.1 Å². The van der Waals surface area contributed by atoms with Crippen LogP contribution in [0.2, 0.25) is 5.02 Å². The number of likely N-dealkylation sites (N-methyl/N-ethyl adjacent to an activating group) is 1. The molecule has 1 aliphatic rings. The van der Waals surface area contributed by atoms with Gasteiger partial charge in [-0.1, -0.05) is 60.1 Å². The van der Waals surface area contributed by atoms with E-state index in [-0.39, 0.29) is 0 Å². The molecule has 4 rings (SSSR count). The number of benzene rings is 2. The molecule has 5 heteroatoms. The first-order valence-electron chi connectivity index (χ1n) is 9.23. The summed E-state index contributed by atoms with van der Waals surface area (Å²) in [6, 6.07) is 20.5. The van der Waals surface area contributed by atoms with Gasteiger partial charge in [-0.05, 0) is 29.8 Å². The molecule has 2 aromatic carbocycles. The summed E-state index contributed by atoms with van der Waals surface area (Å²) in [6.07, 6.45) is 0.900. The predicted octanol–water partition coefficient (Wildman–Crippen LogP) is 5.55. The number of hydrogen-bond donors (Lipinski definition) is 0. The van der Waals surface area contributed by atoms with E-state index in [1.807, 2.05) is 42.5 Å². The lowest BCUT2D eigenvalue weighted by atomic mass is 9.92. The van der Waals surface area contributed by atoms with E-state index in [0.29, 0.717) is 11.3 Å². The molecule has 0 fully saturated rings. The van der Waals surface area contributed by atoms with Gasteiger partial charge in [-0.2, -0.15) is 5.26 Å². The highest BCUT2D eigenvalue weighted by Crippen LogP contribution is 2.38. The summed E-state index contributed by atoms with van der Waals surface area (Å²) in [4.78, 5) is 7.21. The fourth-order valence-electron chi connectivity index (χ4n) is 3.56. The number of aromatic nitrogens is 1. The third kappa shape index (κ3) is 3.79. The Morgan fingerprint density at radius 3 is 2.64 bits per heavy atom. The summed E-state index contributed by atoms with van der Waals surface area (Å²) in [5.41, 5.74) is 6.11. The molecule has 3 aromatic rings. The van der Waals surface area contributed by atoms with Gasteiger partial charge in [0, 0.05) is 41.5 Å². The zero-order valence-corrected chi connectivity index (χ0v) is 17.2. The van der Waals surface area contributed by atoms with Gasteiger partial charge < -0.3 is 4.90 Å². The number of nitrogens with zero attached hydrogens (tertiary/aromatic N) is 3. The van der Waals surface area contributed by atoms with Crippen molar-refractivity contribution in [1.29, 1.82) is 5.26 Å². The van der Waals surface area contributed by atoms with Crippen molar-refractivity contribution in [2.24, 2.45) is 0 Å². The first kappa shape index (κ1) is 19.0. The molecule has 0 N–H and O–H groups in total. The fraction of sp³-hybridized carbons (Fsp3) is 0.217. The molecule has 1 aliphatic heterocycles. The number of nitriles is 1. The average molecular weight is 406 g/mol. The molecule has 1 aromatic heterocycles. The van der Waals surface area contributed by atoms with E-state index in [1.54, 1.807) is 11.8 Å². The largest absolute Gasteiger partial charge is 0.302 e. The Labute approximate surface area is 175 Å². The molecule has 0 spiro atoms. The first-order chi connectivity index (χ1) is 13.7. The van der Waals surface area contributed by atoms with E-state index >= 15 is 0 Å². The molecule has 0 amide bonds. The van der Waals surface area contributed by atoms with Gasteiger partial charge in [0.2, 0.25) is 0 Å². The second-order valence-corrected chi connectivity index (χ2v) is 8.31. The van der Waals surface area contributed by atoms with Crippen LogP contribution in [-0.2, 0) is 18.7 Å². The van der Waals surface area contributed by atoms with Crippen molar-refractivity contribution in [2.45, 2.75) is 23.7 Å². The summed E-state index contributed by atoms with van der Waals surface area (Å²) >= 11 is 7.91. The van der Waals surface area contributed by atoms with Crippen molar-refractivity contribution < 1.29 is 0 Å². The molecular weight excluding hydrogens is 386 g/mol. The highest BCUT2D eigenvalue weighted by atomic mass is 35.5. The van der Waals surface area contributed by atoms with Gasteiger partial charge in [0.05, 0.1) is 5.56 Å². The van der Waals surface area contributed by atoms with Crippen LogP contribution in [-0.4, -0.2) is 23.5 Å². The molecule has 3 nitrogen and oxygen atoms in total. The smallest absolute Gasteiger partial charge is 0.115 e. The number of hydrogen-bond acceptors (Lipinski definition) is 4. The highest BCUT2D eigenvalue weighted by Gasteiger charge is 2.25. The van der Waals surface area contributed by atoms with E-state index < -0.39 is 0 Å². The van der Waals surface area contributed by atoms with Crippen LogP contribution in [0.4, 0.5) is 0 Å². The van der Waals surface area contributed by atoms with Gasteiger partial charge in [-0.15, -0.1) is 11.8 Å². The van der Waals surface area contributed by atoms with Crippen molar-refractivity contribution in [2.75, 3.05) is 13.6 Å². The highest BCUT2D eigenvalue weighted by molar-refractivity contribution is 7.98. The van der Waals surface area contributed by atoms with Crippen LogP contribution in [0.3, 0.4) is 0 Å². The van der Waals surface area contributed by atoms with Gasteiger partial charge in [0.1, 0.15) is 11.1 Å². The monoisotopic (exact) mass is 405 g/mol. The van der Waals surface area contributed by atoms with Gasteiger partial charge in [-0.25, -0.2) is 4.98 Å². The van der Waals surface area contributed by atoms with Crippen LogP contribution < -0.4 is 0 Å². The number of pyridine rings is 1. The Hall–Kier alpha value is -2.32. The first-order valence-corrected chi connectivity index (χ1v) is 10.6. The Morgan fingerprint density at radius 1 is 1.14 bits per heavy atom. The number of halogens is 1. The Bertz CT molecular complexity index is 1040. The summed E-state index contributed by atoms with van der Waals surface area (Å²) in [5, 5.41) is 11.6. The third-order valence-electron chi connectivity index (χ3n) is 5.01. The molecule has 0 saturated carbocycles. The minimum atomic E-state index is 0.664. The van der Waals surface area contributed by atoms with Crippen LogP contribution in [0.5, 0.6) is 0 Å². The van der Waals surface area contributed by atoms with Gasteiger partial charge in [0.15, 0.2) is 0 Å². The maximum Gasteiger partial charge on any atom is 0.115 e. The van der Waals surface area contributed by atoms with Crippen LogP contribution >= 0.6 is 23.4 Å². The normalized spacial score (nSPS) is 13.8. The lowest BCUT2D eigenvalue weighted by Gasteiger charge is -2.28. The molecule has 0 saturated heterocycles. The van der Waals surface area contributed by atoms with E-state index in [4.69, 9.17) is 16.6 Å². The van der Waals surface area contributed by atoms with Crippen LogP contribution in [0.15, 0.2) is 59.6 Å². The maximum atomic E-state index is 10.0. The Balaban J connectivity index is 1.81. The summed E-state index contributed by atoms with van der Waals surface area (Å²) in [5.74, 6) is 0.689. The number of rotatable bonds is 4. The van der Waals surface area contributed by atoms with Gasteiger partial charge in [0.25, 0.3) is 0 Å². The van der Waals surface area contributed by atoms with Crippen molar-refractivity contribution in [3.8, 4) is 17.2 Å². The SMILES string of the molecule is CN1CCc2nc(SCc3ccccc3Cl)c(C#N)c(-c3ccccc3)c2C1. The minimum Gasteiger partial charge on any atom is -0.302 e. The molecule has 0 radical (unpaired) electrons. The van der Waals surface area contributed by atoms with Crippen molar-refractivity contribution >= 4 is 23.4 Å². The van der Waals surface area contributed by atoms with Gasteiger partial charge >= 0.3 is 0 Å². The number of thioether (sulfide) groups is 1. The molecule has 140 valence electrons. The van der Waals surface area contributed by atoms with Crippen LogP contribution in [0, 0.1) is 11.3 Å². The van der Waals surface area contributed by atoms with Crippen LogP contribution in [0.25, 0.3) is 11.1 Å². The predicted molar refractivity (Wildman–Crippen MR) is 115 cm³/mol. The summed E-state index contributed by atoms with van der Waals surface area (Å²) in [7, 11) is 2.11. The quantitative estimate of drug-likeness (QED) is 0.533. The van der Waals surface area contributed by atoms with Gasteiger partial charge in [-0.3, -0.25) is 0 Å². The molecule has 28 heavy (non-hydrogen) atoms. The van der Waals surface area contributed by atoms with E-state index in [9.17, 15) is 5.26 Å². The molecule has 0 unspecified atom stereocenters.